The lowest BCUT2D eigenvalue weighted by molar-refractivity contribution is -0.134. The van der Waals surface area contributed by atoms with E-state index in [4.69, 9.17) is 10.6 Å². The van der Waals surface area contributed by atoms with Gasteiger partial charge in [-0.05, 0) is 0 Å². The van der Waals surface area contributed by atoms with Gasteiger partial charge >= 0.3 is 0 Å². The van der Waals surface area contributed by atoms with Gasteiger partial charge in [0.15, 0.2) is 11.6 Å². The molecule has 0 aromatic carbocycles. The molecule has 110 valence electrons. The number of anilines is 2. The number of morpholine rings is 1. The molecule has 1 aliphatic heterocycles. The van der Waals surface area contributed by atoms with Crippen LogP contribution in [0.3, 0.4) is 0 Å². The van der Waals surface area contributed by atoms with E-state index >= 15 is 0 Å². The smallest absolute Gasteiger partial charge is 0.239 e. The lowest BCUT2D eigenvalue weighted by atomic mass is 10.3. The Kier molecular flexibility index (Phi) is 5.02. The molecule has 1 aromatic heterocycles. The Morgan fingerprint density at radius 1 is 1.50 bits per heavy atom. The van der Waals surface area contributed by atoms with Gasteiger partial charge in [0.05, 0.1) is 19.4 Å². The van der Waals surface area contributed by atoms with Crippen LogP contribution in [-0.2, 0) is 9.53 Å². The number of hydrazine groups is 1. The van der Waals surface area contributed by atoms with Gasteiger partial charge in [0.2, 0.25) is 11.9 Å². The van der Waals surface area contributed by atoms with Crippen molar-refractivity contribution in [1.29, 1.82) is 0 Å². The fraction of sp³-hybridized carbons (Fsp3) is 0.545. The molecule has 1 fully saturated rings. The van der Waals surface area contributed by atoms with Gasteiger partial charge in [0.25, 0.3) is 0 Å². The normalized spacial score (nSPS) is 15.0. The van der Waals surface area contributed by atoms with Crippen molar-refractivity contribution >= 4 is 17.7 Å². The summed E-state index contributed by atoms with van der Waals surface area (Å²) >= 11 is 0. The number of nitrogens with zero attached hydrogens (tertiary/aromatic N) is 3. The molecule has 8 nitrogen and oxygen atoms in total. The van der Waals surface area contributed by atoms with E-state index in [-0.39, 0.29) is 30.6 Å². The molecule has 0 radical (unpaired) electrons. The van der Waals surface area contributed by atoms with Crippen LogP contribution >= 0.6 is 0 Å². The van der Waals surface area contributed by atoms with Crippen LogP contribution in [0, 0.1) is 5.82 Å². The summed E-state index contributed by atoms with van der Waals surface area (Å²) in [4.78, 5) is 21.0. The van der Waals surface area contributed by atoms with E-state index in [1.54, 1.807) is 4.90 Å². The highest BCUT2D eigenvalue weighted by molar-refractivity contribution is 5.76. The van der Waals surface area contributed by atoms with Crippen molar-refractivity contribution < 1.29 is 13.9 Å². The molecule has 0 spiro atoms. The lowest BCUT2D eigenvalue weighted by Crippen LogP contribution is -2.41. The molecule has 0 unspecified atom stereocenters. The highest BCUT2D eigenvalue weighted by Crippen LogP contribution is 2.11. The maximum Gasteiger partial charge on any atom is 0.239 e. The van der Waals surface area contributed by atoms with Crippen molar-refractivity contribution in [3.05, 3.63) is 12.0 Å². The first-order valence-electron chi connectivity index (χ1n) is 6.29. The summed E-state index contributed by atoms with van der Waals surface area (Å²) in [5.74, 6) is 4.68. The van der Waals surface area contributed by atoms with Gasteiger partial charge in [-0.1, -0.05) is 0 Å². The minimum absolute atomic E-state index is 0.00689. The molecule has 0 saturated carbocycles. The number of carbonyl (C=O) groups is 1. The van der Waals surface area contributed by atoms with Crippen molar-refractivity contribution in [3.8, 4) is 0 Å². The Labute approximate surface area is 115 Å². The molecule has 1 amide bonds. The summed E-state index contributed by atoms with van der Waals surface area (Å²) in [6.45, 7) is 2.61. The molecule has 0 bridgehead atoms. The van der Waals surface area contributed by atoms with Crippen LogP contribution in [0.2, 0.25) is 0 Å². The molecule has 1 saturated heterocycles. The van der Waals surface area contributed by atoms with Crippen LogP contribution in [0.4, 0.5) is 16.2 Å². The summed E-state index contributed by atoms with van der Waals surface area (Å²) in [6, 6.07) is 0. The Bertz CT molecular complexity index is 466. The number of hydrogen-bond acceptors (Lipinski definition) is 7. The molecule has 0 atom stereocenters. The van der Waals surface area contributed by atoms with Gasteiger partial charge in [-0.2, -0.15) is 4.98 Å². The summed E-state index contributed by atoms with van der Waals surface area (Å²) < 4.78 is 18.6. The summed E-state index contributed by atoms with van der Waals surface area (Å²) in [7, 11) is 0. The quantitative estimate of drug-likeness (QED) is 0.497. The van der Waals surface area contributed by atoms with E-state index in [9.17, 15) is 9.18 Å². The maximum atomic E-state index is 13.4. The van der Waals surface area contributed by atoms with Gasteiger partial charge in [-0.25, -0.2) is 15.2 Å². The van der Waals surface area contributed by atoms with E-state index in [1.165, 1.54) is 0 Å². The molecule has 20 heavy (non-hydrogen) atoms. The monoisotopic (exact) mass is 284 g/mol. The maximum absolute atomic E-state index is 13.4. The van der Waals surface area contributed by atoms with Gasteiger partial charge in [-0.15, -0.1) is 0 Å². The van der Waals surface area contributed by atoms with Crippen LogP contribution in [0.15, 0.2) is 6.20 Å². The second kappa shape index (κ2) is 6.96. The Morgan fingerprint density at radius 3 is 2.95 bits per heavy atom. The summed E-state index contributed by atoms with van der Waals surface area (Å²) in [5.41, 5.74) is 2.23. The third kappa shape index (κ3) is 3.75. The van der Waals surface area contributed by atoms with Crippen LogP contribution in [0.25, 0.3) is 0 Å². The predicted octanol–water partition coefficient (Wildman–Crippen LogP) is -0.438. The van der Waals surface area contributed by atoms with Crippen LogP contribution in [0.1, 0.15) is 6.42 Å². The Balaban J connectivity index is 1.81. The van der Waals surface area contributed by atoms with E-state index < -0.39 is 5.82 Å². The minimum atomic E-state index is -0.595. The largest absolute Gasteiger partial charge is 0.378 e. The third-order valence-corrected chi connectivity index (χ3v) is 2.87. The first-order chi connectivity index (χ1) is 9.70. The van der Waals surface area contributed by atoms with Gasteiger partial charge < -0.3 is 15.0 Å². The molecule has 4 N–H and O–H groups in total. The second-order valence-electron chi connectivity index (χ2n) is 4.20. The summed E-state index contributed by atoms with van der Waals surface area (Å²) in [5, 5.41) is 2.76. The topological polar surface area (TPSA) is 105 Å². The zero-order chi connectivity index (χ0) is 14.4. The SMILES string of the molecule is NNc1ncc(F)c(NCCC(=O)N2CCOCC2)n1. The number of carbonyl (C=O) groups excluding carboxylic acids is 1. The van der Waals surface area contributed by atoms with E-state index in [0.29, 0.717) is 26.3 Å². The van der Waals surface area contributed by atoms with E-state index in [0.717, 1.165) is 6.20 Å². The number of halogens is 1. The van der Waals surface area contributed by atoms with Crippen LogP contribution in [0.5, 0.6) is 0 Å². The zero-order valence-electron chi connectivity index (χ0n) is 10.9. The van der Waals surface area contributed by atoms with E-state index in [1.807, 2.05) is 0 Å². The summed E-state index contributed by atoms with van der Waals surface area (Å²) in [6.07, 6.45) is 1.27. The van der Waals surface area contributed by atoms with Crippen molar-refractivity contribution in [3.63, 3.8) is 0 Å². The fourth-order valence-electron chi connectivity index (χ4n) is 1.82. The van der Waals surface area contributed by atoms with Crippen molar-refractivity contribution in [2.75, 3.05) is 43.6 Å². The average Bonchev–Trinajstić information content (AvgIpc) is 2.50. The van der Waals surface area contributed by atoms with Gasteiger partial charge in [0.1, 0.15) is 0 Å². The third-order valence-electron chi connectivity index (χ3n) is 2.87. The minimum Gasteiger partial charge on any atom is -0.378 e. The molecule has 0 aliphatic carbocycles. The number of ether oxygens (including phenoxy) is 1. The predicted molar refractivity (Wildman–Crippen MR) is 70.3 cm³/mol. The highest BCUT2D eigenvalue weighted by atomic mass is 19.1. The molecule has 1 aliphatic rings. The van der Waals surface area contributed by atoms with Gasteiger partial charge in [0, 0.05) is 26.1 Å². The fourth-order valence-corrected chi connectivity index (χ4v) is 1.82. The lowest BCUT2D eigenvalue weighted by Gasteiger charge is -2.26. The molecular weight excluding hydrogens is 267 g/mol. The number of amides is 1. The van der Waals surface area contributed by atoms with Crippen LogP contribution in [-0.4, -0.2) is 53.6 Å². The molecule has 2 rings (SSSR count). The number of nitrogens with one attached hydrogen (secondary N) is 2. The Morgan fingerprint density at radius 2 is 2.25 bits per heavy atom. The van der Waals surface area contributed by atoms with Crippen molar-refractivity contribution in [1.82, 2.24) is 14.9 Å². The molecule has 2 heterocycles. The number of nitrogen functional groups attached to an aromatic ring is 1. The second-order valence-corrected chi connectivity index (χ2v) is 4.20. The average molecular weight is 284 g/mol. The van der Waals surface area contributed by atoms with Gasteiger partial charge in [-0.3, -0.25) is 10.2 Å². The van der Waals surface area contributed by atoms with Crippen molar-refractivity contribution in [2.45, 2.75) is 6.42 Å². The number of nitrogens with two attached hydrogens (primary N) is 1. The number of hydrogen-bond donors (Lipinski definition) is 3. The first kappa shape index (κ1) is 14.4. The highest BCUT2D eigenvalue weighted by Gasteiger charge is 2.16. The van der Waals surface area contributed by atoms with E-state index in [2.05, 4.69) is 20.7 Å². The zero-order valence-corrected chi connectivity index (χ0v) is 10.9. The molecule has 9 heteroatoms. The van der Waals surface area contributed by atoms with Crippen molar-refractivity contribution in [2.24, 2.45) is 5.84 Å². The molecule has 1 aromatic rings. The van der Waals surface area contributed by atoms with Crippen LogP contribution < -0.4 is 16.6 Å². The molecular formula is C11H17FN6O2. The number of rotatable bonds is 5. The first-order valence-corrected chi connectivity index (χ1v) is 6.29. The standard InChI is InChI=1S/C11H17FN6O2/c12-8-7-15-11(17-13)16-10(8)14-2-1-9(19)18-3-5-20-6-4-18/h7H,1-6,13H2,(H2,14,15,16,17). The number of aromatic nitrogens is 2. The Hall–Kier alpha value is -2.00.